The number of imide groups is 1. The Balaban J connectivity index is 2.87. The van der Waals surface area contributed by atoms with E-state index in [2.05, 4.69) is 6.58 Å². The number of hydrogen-bond donors (Lipinski definition) is 2. The third-order valence-corrected chi connectivity index (χ3v) is 1.33. The normalized spacial score (nSPS) is 19.2. The number of hydrogen-bond acceptors (Lipinski definition) is 3. The standard InChI is InChI=1S/C7H7NO3/c1-2-5(9)4-3-6(10)8-7(4)11/h2-3,5,9H,1H2,(H,8,10,11). The second kappa shape index (κ2) is 2.67. The molecule has 1 aliphatic rings. The number of carbonyl (C=O) groups excluding carboxylic acids is 2. The second-order valence-corrected chi connectivity index (χ2v) is 2.10. The topological polar surface area (TPSA) is 66.4 Å². The van der Waals surface area contributed by atoms with Crippen LogP contribution in [0, 0.1) is 0 Å². The zero-order valence-corrected chi connectivity index (χ0v) is 5.70. The SMILES string of the molecule is C=CC(O)C1=CC(=O)NC1=O. The molecule has 58 valence electrons. The van der Waals surface area contributed by atoms with Crippen LogP contribution in [0.25, 0.3) is 0 Å². The van der Waals surface area contributed by atoms with E-state index in [0.717, 1.165) is 6.08 Å². The van der Waals surface area contributed by atoms with Crippen LogP contribution in [0.15, 0.2) is 24.3 Å². The molecule has 1 atom stereocenters. The molecule has 1 rings (SSSR count). The fourth-order valence-corrected chi connectivity index (χ4v) is 0.774. The first-order valence-electron chi connectivity index (χ1n) is 3.02. The third-order valence-electron chi connectivity index (χ3n) is 1.33. The Labute approximate surface area is 63.2 Å². The molecule has 0 saturated heterocycles. The van der Waals surface area contributed by atoms with Gasteiger partial charge in [-0.25, -0.2) is 0 Å². The summed E-state index contributed by atoms with van der Waals surface area (Å²) in [5.74, 6) is -1.05. The van der Waals surface area contributed by atoms with Gasteiger partial charge >= 0.3 is 0 Å². The van der Waals surface area contributed by atoms with E-state index in [1.54, 1.807) is 0 Å². The summed E-state index contributed by atoms with van der Waals surface area (Å²) in [7, 11) is 0. The van der Waals surface area contributed by atoms with E-state index in [-0.39, 0.29) is 5.57 Å². The fourth-order valence-electron chi connectivity index (χ4n) is 0.774. The van der Waals surface area contributed by atoms with Gasteiger partial charge in [0.2, 0.25) is 0 Å². The molecule has 0 spiro atoms. The Bertz CT molecular complexity index is 254. The molecule has 0 aliphatic carbocycles. The molecule has 4 nitrogen and oxygen atoms in total. The van der Waals surface area contributed by atoms with Crippen LogP contribution in [0.4, 0.5) is 0 Å². The van der Waals surface area contributed by atoms with Gasteiger partial charge in [-0.1, -0.05) is 6.08 Å². The van der Waals surface area contributed by atoms with Gasteiger partial charge in [-0.15, -0.1) is 6.58 Å². The van der Waals surface area contributed by atoms with E-state index in [1.807, 2.05) is 5.32 Å². The first kappa shape index (κ1) is 7.68. The summed E-state index contributed by atoms with van der Waals surface area (Å²) in [6.07, 6.45) is 1.19. The fraction of sp³-hybridized carbons (Fsp3) is 0.143. The number of carbonyl (C=O) groups is 2. The van der Waals surface area contributed by atoms with E-state index in [0.29, 0.717) is 0 Å². The van der Waals surface area contributed by atoms with Gasteiger partial charge in [-0.2, -0.15) is 0 Å². The van der Waals surface area contributed by atoms with Gasteiger partial charge in [0, 0.05) is 6.08 Å². The lowest BCUT2D eigenvalue weighted by atomic mass is 10.1. The van der Waals surface area contributed by atoms with Crippen LogP contribution in [-0.4, -0.2) is 23.0 Å². The number of nitrogens with one attached hydrogen (secondary N) is 1. The molecular formula is C7H7NO3. The van der Waals surface area contributed by atoms with Crippen molar-refractivity contribution in [2.24, 2.45) is 0 Å². The molecule has 0 radical (unpaired) electrons. The van der Waals surface area contributed by atoms with Crippen molar-refractivity contribution in [2.75, 3.05) is 0 Å². The maximum Gasteiger partial charge on any atom is 0.257 e. The molecule has 1 heterocycles. The molecule has 0 aromatic heterocycles. The first-order chi connectivity index (χ1) is 5.15. The van der Waals surface area contributed by atoms with Gasteiger partial charge in [-0.3, -0.25) is 14.9 Å². The van der Waals surface area contributed by atoms with Crippen molar-refractivity contribution in [1.29, 1.82) is 0 Å². The molecule has 0 aromatic carbocycles. The number of aliphatic hydroxyl groups is 1. The minimum atomic E-state index is -1.05. The highest BCUT2D eigenvalue weighted by Crippen LogP contribution is 2.07. The molecule has 0 bridgehead atoms. The van der Waals surface area contributed by atoms with Crippen LogP contribution in [0.2, 0.25) is 0 Å². The largest absolute Gasteiger partial charge is 0.384 e. The van der Waals surface area contributed by atoms with E-state index in [4.69, 9.17) is 5.11 Å². The minimum absolute atomic E-state index is 0.0463. The van der Waals surface area contributed by atoms with Crippen LogP contribution < -0.4 is 5.32 Å². The Morgan fingerprint density at radius 2 is 2.27 bits per heavy atom. The summed E-state index contributed by atoms with van der Waals surface area (Å²) in [4.78, 5) is 21.3. The van der Waals surface area contributed by atoms with Gasteiger partial charge in [0.15, 0.2) is 0 Å². The van der Waals surface area contributed by atoms with Crippen molar-refractivity contribution < 1.29 is 14.7 Å². The molecule has 1 unspecified atom stereocenters. The highest BCUT2D eigenvalue weighted by molar-refractivity contribution is 6.16. The van der Waals surface area contributed by atoms with Crippen molar-refractivity contribution >= 4 is 11.8 Å². The monoisotopic (exact) mass is 153 g/mol. The van der Waals surface area contributed by atoms with Crippen LogP contribution in [0.1, 0.15) is 0 Å². The van der Waals surface area contributed by atoms with Crippen LogP contribution in [0.5, 0.6) is 0 Å². The summed E-state index contributed by atoms with van der Waals surface area (Å²) >= 11 is 0. The molecule has 0 saturated carbocycles. The predicted molar refractivity (Wildman–Crippen MR) is 37.4 cm³/mol. The molecule has 4 heteroatoms. The van der Waals surface area contributed by atoms with E-state index in [9.17, 15) is 9.59 Å². The van der Waals surface area contributed by atoms with Gasteiger partial charge in [0.25, 0.3) is 11.8 Å². The van der Waals surface area contributed by atoms with Gasteiger partial charge in [-0.05, 0) is 0 Å². The quantitative estimate of drug-likeness (QED) is 0.399. The lowest BCUT2D eigenvalue weighted by Crippen LogP contribution is -2.25. The summed E-state index contributed by atoms with van der Waals surface area (Å²) in [5.41, 5.74) is 0.0463. The third kappa shape index (κ3) is 1.35. The molecule has 2 amide bonds. The minimum Gasteiger partial charge on any atom is -0.384 e. The van der Waals surface area contributed by atoms with E-state index < -0.39 is 17.9 Å². The molecule has 2 N–H and O–H groups in total. The summed E-state index contributed by atoms with van der Waals surface area (Å²) in [5, 5.41) is 11.1. The molecule has 11 heavy (non-hydrogen) atoms. The Morgan fingerprint density at radius 1 is 1.64 bits per heavy atom. The molecule has 0 aromatic rings. The lowest BCUT2D eigenvalue weighted by Gasteiger charge is -2.01. The van der Waals surface area contributed by atoms with Crippen LogP contribution in [0.3, 0.4) is 0 Å². The number of amides is 2. The number of rotatable bonds is 2. The zero-order chi connectivity index (χ0) is 8.43. The highest BCUT2D eigenvalue weighted by Gasteiger charge is 2.24. The van der Waals surface area contributed by atoms with Gasteiger partial charge < -0.3 is 5.11 Å². The Kier molecular flexibility index (Phi) is 1.87. The summed E-state index contributed by atoms with van der Waals surface area (Å²) in [6.45, 7) is 3.28. The van der Waals surface area contributed by atoms with Crippen molar-refractivity contribution in [2.45, 2.75) is 6.10 Å². The smallest absolute Gasteiger partial charge is 0.257 e. The lowest BCUT2D eigenvalue weighted by molar-refractivity contribution is -0.124. The second-order valence-electron chi connectivity index (χ2n) is 2.10. The van der Waals surface area contributed by atoms with Gasteiger partial charge in [0.1, 0.15) is 6.10 Å². The average Bonchev–Trinajstić information content (AvgIpc) is 2.28. The Morgan fingerprint density at radius 3 is 2.64 bits per heavy atom. The van der Waals surface area contributed by atoms with Crippen LogP contribution >= 0.6 is 0 Å². The van der Waals surface area contributed by atoms with E-state index >= 15 is 0 Å². The number of aliphatic hydroxyl groups excluding tert-OH is 1. The highest BCUT2D eigenvalue weighted by atomic mass is 16.3. The van der Waals surface area contributed by atoms with Crippen molar-refractivity contribution in [3.63, 3.8) is 0 Å². The zero-order valence-electron chi connectivity index (χ0n) is 5.70. The van der Waals surface area contributed by atoms with Crippen molar-refractivity contribution in [3.05, 3.63) is 24.3 Å². The van der Waals surface area contributed by atoms with Crippen molar-refractivity contribution in [1.82, 2.24) is 5.32 Å². The Hall–Kier alpha value is -1.42. The van der Waals surface area contributed by atoms with Crippen LogP contribution in [-0.2, 0) is 9.59 Å². The van der Waals surface area contributed by atoms with Gasteiger partial charge in [0.05, 0.1) is 5.57 Å². The van der Waals surface area contributed by atoms with Crippen molar-refractivity contribution in [3.8, 4) is 0 Å². The van der Waals surface area contributed by atoms with E-state index in [1.165, 1.54) is 6.08 Å². The first-order valence-corrected chi connectivity index (χ1v) is 3.02. The maximum absolute atomic E-state index is 10.8. The average molecular weight is 153 g/mol. The molecular weight excluding hydrogens is 146 g/mol. The summed E-state index contributed by atoms with van der Waals surface area (Å²) in [6, 6.07) is 0. The molecule has 1 aliphatic heterocycles. The summed E-state index contributed by atoms with van der Waals surface area (Å²) < 4.78 is 0. The predicted octanol–water partition coefficient (Wildman–Crippen LogP) is -0.884. The molecule has 0 fully saturated rings. The maximum atomic E-state index is 10.8.